The lowest BCUT2D eigenvalue weighted by atomic mass is 10.3. The van der Waals surface area contributed by atoms with Gasteiger partial charge in [0.15, 0.2) is 0 Å². The first-order valence-corrected chi connectivity index (χ1v) is 5.66. The number of hydrogen-bond donors (Lipinski definition) is 0. The molecule has 1 saturated heterocycles. The summed E-state index contributed by atoms with van der Waals surface area (Å²) in [5.74, 6) is 0. The van der Waals surface area contributed by atoms with Gasteiger partial charge in [0.25, 0.3) is 0 Å². The molecular formula is C11H17N5. The van der Waals surface area contributed by atoms with Crippen molar-refractivity contribution in [2.75, 3.05) is 39.3 Å². The van der Waals surface area contributed by atoms with Crippen molar-refractivity contribution in [3.63, 3.8) is 0 Å². The Labute approximate surface area is 95.9 Å². The molecule has 0 bridgehead atoms. The maximum atomic E-state index is 8.60. The van der Waals surface area contributed by atoms with E-state index in [1.807, 2.05) is 18.7 Å². The Hall–Kier alpha value is -1.38. The van der Waals surface area contributed by atoms with E-state index < -0.39 is 0 Å². The summed E-state index contributed by atoms with van der Waals surface area (Å²) in [6.45, 7) is 6.78. The fourth-order valence-corrected chi connectivity index (χ4v) is 1.95. The molecule has 0 saturated carbocycles. The van der Waals surface area contributed by atoms with Crippen molar-refractivity contribution < 1.29 is 0 Å². The van der Waals surface area contributed by atoms with Crippen LogP contribution >= 0.6 is 0 Å². The first kappa shape index (κ1) is 11.1. The van der Waals surface area contributed by atoms with E-state index in [1.165, 1.54) is 0 Å². The molecule has 86 valence electrons. The second-order valence-electron chi connectivity index (χ2n) is 4.08. The Morgan fingerprint density at radius 3 is 2.50 bits per heavy atom. The van der Waals surface area contributed by atoms with Crippen molar-refractivity contribution in [1.82, 2.24) is 19.4 Å². The number of aromatic nitrogens is 2. The summed E-state index contributed by atoms with van der Waals surface area (Å²) >= 11 is 0. The molecule has 0 radical (unpaired) electrons. The molecule has 0 atom stereocenters. The van der Waals surface area contributed by atoms with Gasteiger partial charge in [0.1, 0.15) is 0 Å². The number of piperazine rings is 1. The van der Waals surface area contributed by atoms with Gasteiger partial charge >= 0.3 is 0 Å². The fraction of sp³-hybridized carbons (Fsp3) is 0.636. The highest BCUT2D eigenvalue weighted by Crippen LogP contribution is 2.01. The topological polar surface area (TPSA) is 48.1 Å². The van der Waals surface area contributed by atoms with Gasteiger partial charge in [-0.05, 0) is 0 Å². The molecule has 0 aromatic carbocycles. The summed E-state index contributed by atoms with van der Waals surface area (Å²) in [5.41, 5.74) is 0. The van der Waals surface area contributed by atoms with Crippen LogP contribution in [0.25, 0.3) is 0 Å². The van der Waals surface area contributed by atoms with Gasteiger partial charge in [-0.1, -0.05) is 0 Å². The van der Waals surface area contributed by atoms with E-state index in [0.29, 0.717) is 6.54 Å². The fourth-order valence-electron chi connectivity index (χ4n) is 1.95. The van der Waals surface area contributed by atoms with Gasteiger partial charge in [-0.2, -0.15) is 5.26 Å². The highest BCUT2D eigenvalue weighted by Gasteiger charge is 2.15. The summed E-state index contributed by atoms with van der Waals surface area (Å²) in [5, 5.41) is 8.60. The summed E-state index contributed by atoms with van der Waals surface area (Å²) in [4.78, 5) is 8.66. The second kappa shape index (κ2) is 5.64. The Balaban J connectivity index is 1.68. The summed E-state index contributed by atoms with van der Waals surface area (Å²) < 4.78 is 2.10. The van der Waals surface area contributed by atoms with Gasteiger partial charge < -0.3 is 4.57 Å². The van der Waals surface area contributed by atoms with E-state index in [1.54, 1.807) is 0 Å². The second-order valence-corrected chi connectivity index (χ2v) is 4.08. The van der Waals surface area contributed by atoms with Crippen LogP contribution in [0.2, 0.25) is 0 Å². The third-order valence-electron chi connectivity index (χ3n) is 2.99. The molecule has 2 rings (SSSR count). The molecule has 16 heavy (non-hydrogen) atoms. The zero-order valence-corrected chi connectivity index (χ0v) is 9.42. The SMILES string of the molecule is N#CCN1CCN(CCn2ccnc2)CC1. The summed E-state index contributed by atoms with van der Waals surface area (Å²) in [6, 6.07) is 2.20. The van der Waals surface area contributed by atoms with Crippen molar-refractivity contribution in [3.05, 3.63) is 18.7 Å². The quantitative estimate of drug-likeness (QED) is 0.670. The molecule has 0 spiro atoms. The molecule has 1 aliphatic rings. The monoisotopic (exact) mass is 219 g/mol. The Bertz CT molecular complexity index is 332. The molecule has 0 aliphatic carbocycles. The maximum absolute atomic E-state index is 8.60. The van der Waals surface area contributed by atoms with Crippen molar-refractivity contribution in [3.8, 4) is 6.07 Å². The molecule has 1 fully saturated rings. The van der Waals surface area contributed by atoms with Crippen molar-refractivity contribution in [1.29, 1.82) is 5.26 Å². The largest absolute Gasteiger partial charge is 0.336 e. The molecule has 0 amide bonds. The van der Waals surface area contributed by atoms with Gasteiger partial charge in [-0.25, -0.2) is 4.98 Å². The average Bonchev–Trinajstić information content (AvgIpc) is 2.82. The Morgan fingerprint density at radius 1 is 1.12 bits per heavy atom. The normalized spacial score (nSPS) is 18.4. The smallest absolute Gasteiger partial charge is 0.0946 e. The van der Waals surface area contributed by atoms with E-state index in [2.05, 4.69) is 25.4 Å². The minimum absolute atomic E-state index is 0.565. The molecule has 5 nitrogen and oxygen atoms in total. The lowest BCUT2D eigenvalue weighted by Crippen LogP contribution is -2.47. The van der Waals surface area contributed by atoms with Crippen molar-refractivity contribution in [2.24, 2.45) is 0 Å². The van der Waals surface area contributed by atoms with Gasteiger partial charge in [0, 0.05) is 51.7 Å². The van der Waals surface area contributed by atoms with Crippen LogP contribution in [0.4, 0.5) is 0 Å². The predicted octanol–water partition coefficient (Wildman–Crippen LogP) is 0.0243. The standard InChI is InChI=1S/C11H17N5/c12-1-3-14-5-7-15(8-6-14)9-10-16-4-2-13-11-16/h2,4,11H,3,5-10H2. The Kier molecular flexibility index (Phi) is 3.91. The van der Waals surface area contributed by atoms with Gasteiger partial charge in [-0.15, -0.1) is 0 Å². The molecular weight excluding hydrogens is 202 g/mol. The minimum atomic E-state index is 0.565. The van der Waals surface area contributed by atoms with Crippen LogP contribution in [-0.2, 0) is 6.54 Å². The zero-order valence-electron chi connectivity index (χ0n) is 9.42. The molecule has 1 aromatic heterocycles. The van der Waals surface area contributed by atoms with Crippen LogP contribution in [0.5, 0.6) is 0 Å². The van der Waals surface area contributed by atoms with Crippen LogP contribution in [0.3, 0.4) is 0 Å². The molecule has 5 heteroatoms. The molecule has 1 aliphatic heterocycles. The summed E-state index contributed by atoms with van der Waals surface area (Å²) in [7, 11) is 0. The van der Waals surface area contributed by atoms with Crippen LogP contribution in [0, 0.1) is 11.3 Å². The highest BCUT2D eigenvalue weighted by atomic mass is 15.3. The zero-order chi connectivity index (χ0) is 11.2. The van der Waals surface area contributed by atoms with E-state index >= 15 is 0 Å². The van der Waals surface area contributed by atoms with E-state index in [-0.39, 0.29) is 0 Å². The molecule has 0 unspecified atom stereocenters. The lowest BCUT2D eigenvalue weighted by molar-refractivity contribution is 0.140. The minimum Gasteiger partial charge on any atom is -0.336 e. The van der Waals surface area contributed by atoms with E-state index in [4.69, 9.17) is 5.26 Å². The van der Waals surface area contributed by atoms with Crippen molar-refractivity contribution >= 4 is 0 Å². The number of rotatable bonds is 4. The van der Waals surface area contributed by atoms with Gasteiger partial charge in [0.05, 0.1) is 18.9 Å². The van der Waals surface area contributed by atoms with Crippen LogP contribution in [-0.4, -0.2) is 58.6 Å². The molecule has 1 aromatic rings. The first-order valence-electron chi connectivity index (χ1n) is 5.66. The molecule has 0 N–H and O–H groups in total. The predicted molar refractivity (Wildman–Crippen MR) is 60.7 cm³/mol. The van der Waals surface area contributed by atoms with Crippen molar-refractivity contribution in [2.45, 2.75) is 6.54 Å². The van der Waals surface area contributed by atoms with Crippen LogP contribution in [0.1, 0.15) is 0 Å². The highest BCUT2D eigenvalue weighted by molar-refractivity contribution is 4.81. The van der Waals surface area contributed by atoms with Gasteiger partial charge in [0.2, 0.25) is 0 Å². The summed E-state index contributed by atoms with van der Waals surface area (Å²) in [6.07, 6.45) is 5.66. The Morgan fingerprint density at radius 2 is 1.88 bits per heavy atom. The number of imidazole rings is 1. The third-order valence-corrected chi connectivity index (χ3v) is 2.99. The number of nitrogens with zero attached hydrogens (tertiary/aromatic N) is 5. The van der Waals surface area contributed by atoms with Crippen LogP contribution < -0.4 is 0 Å². The number of hydrogen-bond acceptors (Lipinski definition) is 4. The van der Waals surface area contributed by atoms with Crippen LogP contribution in [0.15, 0.2) is 18.7 Å². The first-order chi connectivity index (χ1) is 7.88. The molecule has 2 heterocycles. The number of nitriles is 1. The van der Waals surface area contributed by atoms with E-state index in [0.717, 1.165) is 39.3 Å². The average molecular weight is 219 g/mol. The lowest BCUT2D eigenvalue weighted by Gasteiger charge is -2.33. The maximum Gasteiger partial charge on any atom is 0.0946 e. The van der Waals surface area contributed by atoms with Gasteiger partial charge in [-0.3, -0.25) is 9.80 Å². The van der Waals surface area contributed by atoms with E-state index in [9.17, 15) is 0 Å². The third kappa shape index (κ3) is 3.05.